The Kier molecular flexibility index (Phi) is 4.25. The standard InChI is InChI=1S/C11H11IN2O2S2/c12-8-1-3-9(4-2-8)14-18(15,16)11-6-5-10(7-13)17-11/h1-6,14H,7,13H2. The molecule has 2 rings (SSSR count). The molecule has 0 spiro atoms. The van der Waals surface area contributed by atoms with Crippen molar-refractivity contribution in [2.45, 2.75) is 10.8 Å². The molecule has 0 aliphatic rings. The molecule has 0 fully saturated rings. The Bertz CT molecular complexity index is 635. The Labute approximate surface area is 123 Å². The number of sulfonamides is 1. The van der Waals surface area contributed by atoms with Crippen LogP contribution in [0.25, 0.3) is 0 Å². The number of hydrogen-bond acceptors (Lipinski definition) is 4. The summed E-state index contributed by atoms with van der Waals surface area (Å²) in [5.74, 6) is 0. The maximum atomic E-state index is 12.1. The maximum Gasteiger partial charge on any atom is 0.271 e. The minimum atomic E-state index is -3.50. The van der Waals surface area contributed by atoms with Gasteiger partial charge in [-0.15, -0.1) is 11.3 Å². The molecule has 0 bridgehead atoms. The molecular weight excluding hydrogens is 383 g/mol. The second-order valence-electron chi connectivity index (χ2n) is 3.54. The van der Waals surface area contributed by atoms with E-state index in [1.165, 1.54) is 11.3 Å². The highest BCUT2D eigenvalue weighted by Crippen LogP contribution is 2.24. The second-order valence-corrected chi connectivity index (χ2v) is 7.86. The lowest BCUT2D eigenvalue weighted by Crippen LogP contribution is -2.11. The number of nitrogens with two attached hydrogens (primary N) is 1. The Morgan fingerprint density at radius 1 is 1.17 bits per heavy atom. The summed E-state index contributed by atoms with van der Waals surface area (Å²) in [5.41, 5.74) is 6.02. The molecule has 3 N–H and O–H groups in total. The summed E-state index contributed by atoms with van der Waals surface area (Å²) in [6, 6.07) is 10.5. The summed E-state index contributed by atoms with van der Waals surface area (Å²) in [5, 5.41) is 0. The minimum Gasteiger partial charge on any atom is -0.326 e. The molecule has 0 amide bonds. The van der Waals surface area contributed by atoms with E-state index in [9.17, 15) is 8.42 Å². The highest BCUT2D eigenvalue weighted by molar-refractivity contribution is 14.1. The smallest absolute Gasteiger partial charge is 0.271 e. The molecule has 0 aliphatic carbocycles. The van der Waals surface area contributed by atoms with Gasteiger partial charge in [-0.3, -0.25) is 4.72 Å². The zero-order valence-corrected chi connectivity index (χ0v) is 13.1. The molecule has 0 saturated carbocycles. The Morgan fingerprint density at radius 2 is 1.83 bits per heavy atom. The van der Waals surface area contributed by atoms with Gasteiger partial charge >= 0.3 is 0 Å². The van der Waals surface area contributed by atoms with Crippen molar-refractivity contribution in [1.82, 2.24) is 0 Å². The summed E-state index contributed by atoms with van der Waals surface area (Å²) >= 11 is 3.35. The molecule has 0 aliphatic heterocycles. The Morgan fingerprint density at radius 3 is 2.39 bits per heavy atom. The van der Waals surface area contributed by atoms with Crippen molar-refractivity contribution < 1.29 is 8.42 Å². The number of anilines is 1. The van der Waals surface area contributed by atoms with E-state index < -0.39 is 10.0 Å². The van der Waals surface area contributed by atoms with Gasteiger partial charge in [0.2, 0.25) is 0 Å². The van der Waals surface area contributed by atoms with Crippen molar-refractivity contribution in [3.05, 3.63) is 44.8 Å². The van der Waals surface area contributed by atoms with Crippen molar-refractivity contribution in [2.75, 3.05) is 4.72 Å². The summed E-state index contributed by atoms with van der Waals surface area (Å²) in [6.45, 7) is 0.351. The maximum absolute atomic E-state index is 12.1. The van der Waals surface area contributed by atoms with Crippen LogP contribution < -0.4 is 10.5 Å². The molecule has 1 heterocycles. The molecule has 0 radical (unpaired) electrons. The van der Waals surface area contributed by atoms with E-state index in [0.29, 0.717) is 12.2 Å². The van der Waals surface area contributed by atoms with Crippen molar-refractivity contribution in [2.24, 2.45) is 5.73 Å². The minimum absolute atomic E-state index is 0.279. The first-order chi connectivity index (χ1) is 8.51. The van der Waals surface area contributed by atoms with Gasteiger partial charge in [0.15, 0.2) is 0 Å². The lowest BCUT2D eigenvalue weighted by Gasteiger charge is -2.05. The molecule has 0 unspecified atom stereocenters. The van der Waals surface area contributed by atoms with Crippen LogP contribution in [-0.4, -0.2) is 8.42 Å². The van der Waals surface area contributed by atoms with Crippen molar-refractivity contribution >= 4 is 49.6 Å². The van der Waals surface area contributed by atoms with E-state index in [4.69, 9.17) is 5.73 Å². The van der Waals surface area contributed by atoms with Gasteiger partial charge in [-0.1, -0.05) is 0 Å². The predicted octanol–water partition coefficient (Wildman–Crippen LogP) is 2.61. The van der Waals surface area contributed by atoms with Gasteiger partial charge in [0.05, 0.1) is 0 Å². The van der Waals surface area contributed by atoms with Gasteiger partial charge in [-0.2, -0.15) is 0 Å². The molecule has 4 nitrogen and oxygen atoms in total. The average molecular weight is 394 g/mol. The van der Waals surface area contributed by atoms with Gasteiger partial charge in [0, 0.05) is 20.7 Å². The highest BCUT2D eigenvalue weighted by Gasteiger charge is 2.16. The number of benzene rings is 1. The fraction of sp³-hybridized carbons (Fsp3) is 0.0909. The van der Waals surface area contributed by atoms with Crippen LogP contribution >= 0.6 is 33.9 Å². The van der Waals surface area contributed by atoms with Crippen LogP contribution in [0.3, 0.4) is 0 Å². The number of halogens is 1. The second kappa shape index (κ2) is 5.55. The molecule has 0 atom stereocenters. The zero-order chi connectivity index (χ0) is 13.2. The first kappa shape index (κ1) is 13.8. The number of thiophene rings is 1. The molecule has 96 valence electrons. The predicted molar refractivity (Wildman–Crippen MR) is 82.2 cm³/mol. The van der Waals surface area contributed by atoms with E-state index in [-0.39, 0.29) is 4.21 Å². The van der Waals surface area contributed by atoms with Gasteiger partial charge in [-0.25, -0.2) is 8.42 Å². The lowest BCUT2D eigenvalue weighted by atomic mass is 10.3. The van der Waals surface area contributed by atoms with E-state index in [2.05, 4.69) is 27.3 Å². The molecule has 7 heteroatoms. The zero-order valence-electron chi connectivity index (χ0n) is 9.26. The van der Waals surface area contributed by atoms with Crippen LogP contribution in [-0.2, 0) is 16.6 Å². The van der Waals surface area contributed by atoms with Crippen molar-refractivity contribution in [3.63, 3.8) is 0 Å². The van der Waals surface area contributed by atoms with E-state index >= 15 is 0 Å². The first-order valence-electron chi connectivity index (χ1n) is 5.08. The largest absolute Gasteiger partial charge is 0.326 e. The van der Waals surface area contributed by atoms with Crippen molar-refractivity contribution in [3.8, 4) is 0 Å². The monoisotopic (exact) mass is 394 g/mol. The summed E-state index contributed by atoms with van der Waals surface area (Å²) in [7, 11) is -3.50. The quantitative estimate of drug-likeness (QED) is 0.784. The molecular formula is C11H11IN2O2S2. The average Bonchev–Trinajstić information content (AvgIpc) is 2.81. The van der Waals surface area contributed by atoms with Crippen LogP contribution in [0.1, 0.15) is 4.88 Å². The normalized spacial score (nSPS) is 11.4. The van der Waals surface area contributed by atoms with Gasteiger partial charge in [0.1, 0.15) is 4.21 Å². The van der Waals surface area contributed by atoms with E-state index in [1.54, 1.807) is 24.3 Å². The number of nitrogens with one attached hydrogen (secondary N) is 1. The molecule has 1 aromatic heterocycles. The van der Waals surface area contributed by atoms with Crippen molar-refractivity contribution in [1.29, 1.82) is 0 Å². The van der Waals surface area contributed by atoms with Gasteiger partial charge < -0.3 is 5.73 Å². The topological polar surface area (TPSA) is 72.2 Å². The van der Waals surface area contributed by atoms with Crippen LogP contribution in [0.5, 0.6) is 0 Å². The molecule has 2 aromatic rings. The lowest BCUT2D eigenvalue weighted by molar-refractivity contribution is 0.603. The fourth-order valence-electron chi connectivity index (χ4n) is 1.34. The Balaban J connectivity index is 2.24. The molecule has 18 heavy (non-hydrogen) atoms. The summed E-state index contributed by atoms with van der Waals surface area (Å²) in [6.07, 6.45) is 0. The molecule has 0 saturated heterocycles. The Hall–Kier alpha value is -0.640. The van der Waals surface area contributed by atoms with Crippen LogP contribution in [0.15, 0.2) is 40.6 Å². The molecule has 1 aromatic carbocycles. The van der Waals surface area contributed by atoms with Gasteiger partial charge in [-0.05, 0) is 59.0 Å². The summed E-state index contributed by atoms with van der Waals surface area (Å²) < 4.78 is 28.0. The van der Waals surface area contributed by atoms with Crippen LogP contribution in [0.2, 0.25) is 0 Å². The van der Waals surface area contributed by atoms with E-state index in [0.717, 1.165) is 8.45 Å². The van der Waals surface area contributed by atoms with Crippen LogP contribution in [0.4, 0.5) is 5.69 Å². The number of hydrogen-bond donors (Lipinski definition) is 2. The number of rotatable bonds is 4. The first-order valence-corrected chi connectivity index (χ1v) is 8.46. The SMILES string of the molecule is NCc1ccc(S(=O)(=O)Nc2ccc(I)cc2)s1. The summed E-state index contributed by atoms with van der Waals surface area (Å²) in [4.78, 5) is 0.845. The van der Waals surface area contributed by atoms with Gasteiger partial charge in [0.25, 0.3) is 10.0 Å². The fourth-order valence-corrected chi connectivity index (χ4v) is 3.99. The third-order valence-corrected chi connectivity index (χ3v) is 5.90. The van der Waals surface area contributed by atoms with E-state index in [1.807, 2.05) is 12.1 Å². The third-order valence-electron chi connectivity index (χ3n) is 2.20. The highest BCUT2D eigenvalue weighted by atomic mass is 127. The van der Waals surface area contributed by atoms with Crippen LogP contribution in [0, 0.1) is 3.57 Å². The third kappa shape index (κ3) is 3.22.